The van der Waals surface area contributed by atoms with E-state index in [-0.39, 0.29) is 0 Å². The van der Waals surface area contributed by atoms with Gasteiger partial charge in [0.1, 0.15) is 5.76 Å². The van der Waals surface area contributed by atoms with Gasteiger partial charge in [0, 0.05) is 12.1 Å². The summed E-state index contributed by atoms with van der Waals surface area (Å²) in [6.45, 7) is 5.98. The first-order chi connectivity index (χ1) is 7.27. The van der Waals surface area contributed by atoms with Crippen molar-refractivity contribution in [2.24, 2.45) is 5.92 Å². The van der Waals surface area contributed by atoms with Crippen molar-refractivity contribution in [3.63, 3.8) is 0 Å². The molecular formula is C12H20N2O. The first-order valence-electron chi connectivity index (χ1n) is 5.90. The minimum Gasteiger partial charge on any atom is -0.361 e. The molecule has 0 amide bonds. The molecule has 1 heterocycles. The van der Waals surface area contributed by atoms with E-state index in [1.165, 1.54) is 31.2 Å². The fraction of sp³-hybridized carbons (Fsp3) is 0.750. The van der Waals surface area contributed by atoms with Crippen LogP contribution in [-0.4, -0.2) is 11.7 Å². The Kier molecular flexibility index (Phi) is 3.41. The minimum absolute atomic E-state index is 0.895. The molecule has 0 aliphatic heterocycles. The van der Waals surface area contributed by atoms with Crippen LogP contribution in [0.1, 0.15) is 42.7 Å². The van der Waals surface area contributed by atoms with Crippen LogP contribution in [0.5, 0.6) is 0 Å². The first kappa shape index (κ1) is 10.7. The summed E-state index contributed by atoms with van der Waals surface area (Å²) < 4.78 is 5.11. The van der Waals surface area contributed by atoms with Gasteiger partial charge in [-0.3, -0.25) is 0 Å². The highest BCUT2D eigenvalue weighted by Crippen LogP contribution is 2.33. The Morgan fingerprint density at radius 3 is 2.80 bits per heavy atom. The summed E-state index contributed by atoms with van der Waals surface area (Å²) in [5.41, 5.74) is 2.24. The first-order valence-corrected chi connectivity index (χ1v) is 5.90. The number of nitrogens with zero attached hydrogens (tertiary/aromatic N) is 1. The average Bonchev–Trinajstić information content (AvgIpc) is 2.98. The van der Waals surface area contributed by atoms with Crippen molar-refractivity contribution in [2.75, 3.05) is 6.54 Å². The lowest BCUT2D eigenvalue weighted by Crippen LogP contribution is -2.15. The van der Waals surface area contributed by atoms with Gasteiger partial charge in [0.15, 0.2) is 0 Å². The molecule has 1 aromatic rings. The van der Waals surface area contributed by atoms with Crippen LogP contribution in [0, 0.1) is 19.8 Å². The highest BCUT2D eigenvalue weighted by Gasteiger charge is 2.19. The normalized spacial score (nSPS) is 15.9. The monoisotopic (exact) mass is 208 g/mol. The lowest BCUT2D eigenvalue weighted by molar-refractivity contribution is 0.392. The predicted molar refractivity (Wildman–Crippen MR) is 59.6 cm³/mol. The number of aromatic nitrogens is 1. The molecule has 1 aliphatic carbocycles. The maximum atomic E-state index is 5.11. The molecule has 15 heavy (non-hydrogen) atoms. The van der Waals surface area contributed by atoms with Crippen LogP contribution in [-0.2, 0) is 6.54 Å². The van der Waals surface area contributed by atoms with Crippen LogP contribution in [0.15, 0.2) is 4.52 Å². The molecule has 3 nitrogen and oxygen atoms in total. The smallest absolute Gasteiger partial charge is 0.138 e. The number of rotatable bonds is 6. The van der Waals surface area contributed by atoms with Crippen molar-refractivity contribution in [3.8, 4) is 0 Å². The Morgan fingerprint density at radius 2 is 2.20 bits per heavy atom. The van der Waals surface area contributed by atoms with E-state index in [1.807, 2.05) is 13.8 Å². The van der Waals surface area contributed by atoms with Gasteiger partial charge in [-0.05, 0) is 39.2 Å². The van der Waals surface area contributed by atoms with Crippen LogP contribution in [0.2, 0.25) is 0 Å². The molecule has 1 N–H and O–H groups in total. The summed E-state index contributed by atoms with van der Waals surface area (Å²) in [6, 6.07) is 0. The molecule has 0 aromatic carbocycles. The van der Waals surface area contributed by atoms with E-state index < -0.39 is 0 Å². The summed E-state index contributed by atoms with van der Waals surface area (Å²) in [5.74, 6) is 1.99. The Morgan fingerprint density at radius 1 is 1.40 bits per heavy atom. The summed E-state index contributed by atoms with van der Waals surface area (Å²) in [5, 5.41) is 7.39. The Bertz CT molecular complexity index is 296. The predicted octanol–water partition coefficient (Wildman–Crippen LogP) is 2.57. The standard InChI is InChI=1S/C12H20N2O/c1-9-12(10(2)15-14-9)8-13-7-3-4-11-5-6-11/h11,13H,3-8H2,1-2H3. The average molecular weight is 208 g/mol. The zero-order chi connectivity index (χ0) is 10.7. The molecule has 84 valence electrons. The number of nitrogens with one attached hydrogen (secondary N) is 1. The Hall–Kier alpha value is -0.830. The van der Waals surface area contributed by atoms with Crippen LogP contribution >= 0.6 is 0 Å². The molecule has 0 saturated heterocycles. The van der Waals surface area contributed by atoms with E-state index in [4.69, 9.17) is 4.52 Å². The molecule has 1 aromatic heterocycles. The lowest BCUT2D eigenvalue weighted by atomic mass is 10.2. The molecule has 0 radical (unpaired) electrons. The van der Waals surface area contributed by atoms with Crippen LogP contribution in [0.25, 0.3) is 0 Å². The molecule has 0 bridgehead atoms. The third kappa shape index (κ3) is 3.06. The largest absolute Gasteiger partial charge is 0.361 e. The third-order valence-electron chi connectivity index (χ3n) is 3.15. The van der Waals surface area contributed by atoms with E-state index in [0.29, 0.717) is 0 Å². The molecule has 3 heteroatoms. The highest BCUT2D eigenvalue weighted by atomic mass is 16.5. The minimum atomic E-state index is 0.895. The molecule has 0 atom stereocenters. The van der Waals surface area contributed by atoms with Crippen LogP contribution < -0.4 is 5.32 Å². The maximum Gasteiger partial charge on any atom is 0.138 e. The Labute approximate surface area is 91.2 Å². The number of hydrogen-bond acceptors (Lipinski definition) is 3. The second kappa shape index (κ2) is 4.79. The van der Waals surface area contributed by atoms with Crippen molar-refractivity contribution in [2.45, 2.75) is 46.1 Å². The fourth-order valence-corrected chi connectivity index (χ4v) is 1.89. The summed E-state index contributed by atoms with van der Waals surface area (Å²) in [4.78, 5) is 0. The highest BCUT2D eigenvalue weighted by molar-refractivity contribution is 5.20. The molecule has 0 unspecified atom stereocenters. The van der Waals surface area contributed by atoms with E-state index in [1.54, 1.807) is 0 Å². The van der Waals surface area contributed by atoms with Gasteiger partial charge in [-0.15, -0.1) is 0 Å². The zero-order valence-electron chi connectivity index (χ0n) is 9.68. The third-order valence-corrected chi connectivity index (χ3v) is 3.15. The summed E-state index contributed by atoms with van der Waals surface area (Å²) in [6.07, 6.45) is 5.62. The van der Waals surface area contributed by atoms with Crippen molar-refractivity contribution in [1.29, 1.82) is 0 Å². The van der Waals surface area contributed by atoms with Gasteiger partial charge >= 0.3 is 0 Å². The van der Waals surface area contributed by atoms with E-state index in [0.717, 1.165) is 30.5 Å². The van der Waals surface area contributed by atoms with Gasteiger partial charge < -0.3 is 9.84 Å². The van der Waals surface area contributed by atoms with Gasteiger partial charge in [-0.2, -0.15) is 0 Å². The number of aryl methyl sites for hydroxylation is 2. The molecular weight excluding hydrogens is 188 g/mol. The van der Waals surface area contributed by atoms with Gasteiger partial charge in [0.05, 0.1) is 5.69 Å². The van der Waals surface area contributed by atoms with Crippen molar-refractivity contribution < 1.29 is 4.52 Å². The second-order valence-electron chi connectivity index (χ2n) is 4.57. The van der Waals surface area contributed by atoms with E-state index in [9.17, 15) is 0 Å². The second-order valence-corrected chi connectivity index (χ2v) is 4.57. The zero-order valence-corrected chi connectivity index (χ0v) is 9.68. The van der Waals surface area contributed by atoms with Crippen molar-refractivity contribution in [1.82, 2.24) is 10.5 Å². The maximum absolute atomic E-state index is 5.11. The van der Waals surface area contributed by atoms with E-state index in [2.05, 4.69) is 10.5 Å². The molecule has 0 spiro atoms. The van der Waals surface area contributed by atoms with Crippen molar-refractivity contribution >= 4 is 0 Å². The van der Waals surface area contributed by atoms with Gasteiger partial charge in [0.2, 0.25) is 0 Å². The lowest BCUT2D eigenvalue weighted by Gasteiger charge is -2.03. The summed E-state index contributed by atoms with van der Waals surface area (Å²) >= 11 is 0. The quantitative estimate of drug-likeness (QED) is 0.730. The SMILES string of the molecule is Cc1noc(C)c1CNCCCC1CC1. The van der Waals surface area contributed by atoms with Gasteiger partial charge in [-0.1, -0.05) is 18.0 Å². The number of hydrogen-bond donors (Lipinski definition) is 1. The van der Waals surface area contributed by atoms with Crippen LogP contribution in [0.4, 0.5) is 0 Å². The van der Waals surface area contributed by atoms with E-state index >= 15 is 0 Å². The molecule has 1 aliphatic rings. The molecule has 1 fully saturated rings. The van der Waals surface area contributed by atoms with Crippen molar-refractivity contribution in [3.05, 3.63) is 17.0 Å². The van der Waals surface area contributed by atoms with Gasteiger partial charge in [0.25, 0.3) is 0 Å². The fourth-order valence-electron chi connectivity index (χ4n) is 1.89. The summed E-state index contributed by atoms with van der Waals surface area (Å²) in [7, 11) is 0. The Balaban J connectivity index is 1.64. The van der Waals surface area contributed by atoms with Crippen LogP contribution in [0.3, 0.4) is 0 Å². The molecule has 1 saturated carbocycles. The molecule has 2 rings (SSSR count). The topological polar surface area (TPSA) is 38.1 Å². The van der Waals surface area contributed by atoms with Gasteiger partial charge in [-0.25, -0.2) is 0 Å².